The molecule has 8 heteroatoms. The Morgan fingerprint density at radius 2 is 1.69 bits per heavy atom. The Bertz CT molecular complexity index is 1340. The molecule has 1 aromatic heterocycles. The number of para-hydroxylation sites is 2. The van der Waals surface area contributed by atoms with Crippen LogP contribution in [0.25, 0.3) is 11.0 Å². The highest BCUT2D eigenvalue weighted by atomic mass is 16.6. The van der Waals surface area contributed by atoms with Gasteiger partial charge in [-0.2, -0.15) is 0 Å². The number of fused-ring (bicyclic) bond motifs is 5. The van der Waals surface area contributed by atoms with Crippen LogP contribution in [0.1, 0.15) is 102 Å². The predicted octanol–water partition coefficient (Wildman–Crippen LogP) is 6.17. The van der Waals surface area contributed by atoms with Crippen LogP contribution in [0.3, 0.4) is 0 Å². The van der Waals surface area contributed by atoms with E-state index in [9.17, 15) is 9.59 Å². The topological polar surface area (TPSA) is 86.0 Å². The number of esters is 1. The zero-order valence-electron chi connectivity index (χ0n) is 25.1. The smallest absolute Gasteiger partial charge is 0.306 e. The fraction of sp³-hybridized carbons (Fsp3) is 0.647. The van der Waals surface area contributed by atoms with E-state index in [0.717, 1.165) is 35.7 Å². The molecule has 226 valence electrons. The first-order valence-corrected chi connectivity index (χ1v) is 16.3. The third kappa shape index (κ3) is 6.05. The molecule has 2 saturated heterocycles. The first-order valence-electron chi connectivity index (χ1n) is 16.3. The second kappa shape index (κ2) is 13.1. The number of piperidine rings is 2. The monoisotopic (exact) mass is 574 g/mol. The van der Waals surface area contributed by atoms with Crippen LogP contribution in [0.15, 0.2) is 46.9 Å². The SMILES string of the molecule is C=CCON=C(CCC(=O)OCC)c1nc2ccccc2n(C2CC3CCC[C@@H](C2)N3C2CC3CCCC(C3)C2)c1=O. The number of aromatic nitrogens is 2. The minimum atomic E-state index is -0.331. The van der Waals surface area contributed by atoms with Gasteiger partial charge in [0.2, 0.25) is 0 Å². The Balaban J connectivity index is 1.33. The molecule has 4 aliphatic rings. The van der Waals surface area contributed by atoms with Crippen LogP contribution in [-0.2, 0) is 14.4 Å². The number of oxime groups is 1. The molecule has 2 aliphatic carbocycles. The van der Waals surface area contributed by atoms with Crippen LogP contribution < -0.4 is 5.56 Å². The molecule has 0 amide bonds. The maximum atomic E-state index is 14.4. The summed E-state index contributed by atoms with van der Waals surface area (Å²) in [4.78, 5) is 39.8. The van der Waals surface area contributed by atoms with E-state index in [1.165, 1.54) is 57.8 Å². The quantitative estimate of drug-likeness (QED) is 0.111. The lowest BCUT2D eigenvalue weighted by atomic mass is 9.68. The van der Waals surface area contributed by atoms with Crippen molar-refractivity contribution < 1.29 is 14.4 Å². The lowest BCUT2D eigenvalue weighted by molar-refractivity contribution is -0.142. The van der Waals surface area contributed by atoms with Crippen LogP contribution in [-0.4, -0.2) is 57.5 Å². The van der Waals surface area contributed by atoms with Crippen molar-refractivity contribution in [1.82, 2.24) is 14.5 Å². The first kappa shape index (κ1) is 29.1. The summed E-state index contributed by atoms with van der Waals surface area (Å²) >= 11 is 0. The average molecular weight is 575 g/mol. The number of carbonyl (C=O) groups excluding carboxylic acids is 1. The van der Waals surface area contributed by atoms with Crippen molar-refractivity contribution in [2.45, 2.75) is 115 Å². The number of ether oxygens (including phenoxy) is 1. The highest BCUT2D eigenvalue weighted by molar-refractivity contribution is 6.00. The lowest BCUT2D eigenvalue weighted by Gasteiger charge is -2.55. The van der Waals surface area contributed by atoms with Gasteiger partial charge in [-0.1, -0.05) is 55.6 Å². The summed E-state index contributed by atoms with van der Waals surface area (Å²) in [6.45, 7) is 5.99. The van der Waals surface area contributed by atoms with Gasteiger partial charge in [0.05, 0.1) is 24.1 Å². The normalized spacial score (nSPS) is 29.7. The summed E-state index contributed by atoms with van der Waals surface area (Å²) in [6, 6.07) is 9.74. The Morgan fingerprint density at radius 3 is 2.40 bits per heavy atom. The Kier molecular flexibility index (Phi) is 9.08. The second-order valence-electron chi connectivity index (χ2n) is 12.9. The van der Waals surface area contributed by atoms with Gasteiger partial charge in [0, 0.05) is 30.6 Å². The molecule has 4 unspecified atom stereocenters. The summed E-state index contributed by atoms with van der Waals surface area (Å²) in [5.41, 5.74) is 2.11. The van der Waals surface area contributed by atoms with Gasteiger partial charge in [0.15, 0.2) is 5.69 Å². The number of benzene rings is 1. The van der Waals surface area contributed by atoms with E-state index in [1.807, 2.05) is 28.8 Å². The van der Waals surface area contributed by atoms with Gasteiger partial charge in [0.1, 0.15) is 12.3 Å². The van der Waals surface area contributed by atoms with E-state index in [-0.39, 0.29) is 42.7 Å². The van der Waals surface area contributed by atoms with Gasteiger partial charge in [-0.25, -0.2) is 4.98 Å². The van der Waals surface area contributed by atoms with Gasteiger partial charge in [0.25, 0.3) is 5.56 Å². The molecule has 42 heavy (non-hydrogen) atoms. The number of carbonyl (C=O) groups is 1. The van der Waals surface area contributed by atoms with E-state index < -0.39 is 0 Å². The molecular formula is C34H46N4O4. The van der Waals surface area contributed by atoms with Crippen molar-refractivity contribution in [3.63, 3.8) is 0 Å². The van der Waals surface area contributed by atoms with Gasteiger partial charge < -0.3 is 14.1 Å². The van der Waals surface area contributed by atoms with Crippen molar-refractivity contribution in [2.75, 3.05) is 13.2 Å². The van der Waals surface area contributed by atoms with Crippen LogP contribution in [0, 0.1) is 11.8 Å². The van der Waals surface area contributed by atoms with Crippen molar-refractivity contribution >= 4 is 22.7 Å². The maximum absolute atomic E-state index is 14.4. The van der Waals surface area contributed by atoms with Gasteiger partial charge >= 0.3 is 5.97 Å². The largest absolute Gasteiger partial charge is 0.466 e. The molecular weight excluding hydrogens is 528 g/mol. The van der Waals surface area contributed by atoms with E-state index in [0.29, 0.717) is 30.4 Å². The molecule has 5 atom stereocenters. The summed E-state index contributed by atoms with van der Waals surface area (Å²) in [6.07, 6.45) is 16.0. The predicted molar refractivity (Wildman–Crippen MR) is 165 cm³/mol. The van der Waals surface area contributed by atoms with Crippen molar-refractivity contribution in [1.29, 1.82) is 0 Å². The zero-order valence-corrected chi connectivity index (χ0v) is 25.1. The number of hydrogen-bond acceptors (Lipinski definition) is 7. The molecule has 2 aromatic rings. The van der Waals surface area contributed by atoms with Crippen LogP contribution in [0.2, 0.25) is 0 Å². The second-order valence-corrected chi connectivity index (χ2v) is 12.9. The average Bonchev–Trinajstić information content (AvgIpc) is 2.98. The van der Waals surface area contributed by atoms with E-state index in [1.54, 1.807) is 13.0 Å². The van der Waals surface area contributed by atoms with Crippen molar-refractivity contribution in [3.8, 4) is 0 Å². The molecule has 6 rings (SSSR count). The molecule has 0 radical (unpaired) electrons. The minimum absolute atomic E-state index is 0.0965. The summed E-state index contributed by atoms with van der Waals surface area (Å²) in [5, 5.41) is 4.28. The molecule has 2 saturated carbocycles. The van der Waals surface area contributed by atoms with Gasteiger partial charge in [-0.05, 0) is 75.8 Å². The molecule has 4 bridgehead atoms. The molecule has 0 spiro atoms. The van der Waals surface area contributed by atoms with Gasteiger partial charge in [-0.15, -0.1) is 0 Å². The summed E-state index contributed by atoms with van der Waals surface area (Å²) in [5.74, 6) is 1.49. The first-order chi connectivity index (χ1) is 20.6. The van der Waals surface area contributed by atoms with E-state index >= 15 is 0 Å². The third-order valence-electron chi connectivity index (χ3n) is 10.2. The molecule has 1 aromatic carbocycles. The molecule has 3 heterocycles. The maximum Gasteiger partial charge on any atom is 0.306 e. The fourth-order valence-corrected chi connectivity index (χ4v) is 8.67. The summed E-state index contributed by atoms with van der Waals surface area (Å²) < 4.78 is 7.14. The summed E-state index contributed by atoms with van der Waals surface area (Å²) in [7, 11) is 0. The number of nitrogens with zero attached hydrogens (tertiary/aromatic N) is 4. The third-order valence-corrected chi connectivity index (χ3v) is 10.2. The highest BCUT2D eigenvalue weighted by Gasteiger charge is 2.45. The molecule has 2 aliphatic heterocycles. The van der Waals surface area contributed by atoms with Crippen LogP contribution in [0.4, 0.5) is 0 Å². The Labute approximate surface area is 249 Å². The van der Waals surface area contributed by atoms with Crippen molar-refractivity contribution in [3.05, 3.63) is 53.0 Å². The van der Waals surface area contributed by atoms with Crippen LogP contribution in [0.5, 0.6) is 0 Å². The molecule has 0 N–H and O–H groups in total. The number of hydrogen-bond donors (Lipinski definition) is 0. The van der Waals surface area contributed by atoms with E-state index in [4.69, 9.17) is 14.6 Å². The molecule has 8 nitrogen and oxygen atoms in total. The van der Waals surface area contributed by atoms with Crippen molar-refractivity contribution in [2.24, 2.45) is 17.0 Å². The Hall–Kier alpha value is -3.00. The standard InChI is InChI=1S/C34H46N4O4/c1-3-17-42-36-30(15-16-32(39)41-4-2)33-34(40)38(31-14-6-5-13-29(31)35-33)28-21-25-11-8-12-26(22-28)37(25)27-19-23-9-7-10-24(18-23)20-27/h3,5-6,13-14,23-28H,1,4,7-12,15-22H2,2H3/t23?,24?,25-,26?,27?,28?/m0/s1. The lowest BCUT2D eigenvalue weighted by Crippen LogP contribution is -2.58. The molecule has 4 fully saturated rings. The zero-order chi connectivity index (χ0) is 29.1. The van der Waals surface area contributed by atoms with E-state index in [2.05, 4.69) is 16.6 Å². The highest BCUT2D eigenvalue weighted by Crippen LogP contribution is 2.47. The fourth-order valence-electron chi connectivity index (χ4n) is 8.67. The van der Waals surface area contributed by atoms with Gasteiger partial charge in [-0.3, -0.25) is 14.5 Å². The number of rotatable bonds is 10. The minimum Gasteiger partial charge on any atom is -0.466 e. The Morgan fingerprint density at radius 1 is 0.976 bits per heavy atom. The van der Waals surface area contributed by atoms with Crippen LogP contribution >= 0.6 is 0 Å².